The van der Waals surface area contributed by atoms with Crippen LogP contribution in [-0.4, -0.2) is 7.05 Å². The number of nitrogens with one attached hydrogen (secondary N) is 1. The van der Waals surface area contributed by atoms with E-state index in [1.165, 1.54) is 18.2 Å². The minimum absolute atomic E-state index is 0.0553. The Labute approximate surface area is 127 Å². The molecule has 108 valence electrons. The molecule has 0 unspecified atom stereocenters. The first-order valence-electron chi connectivity index (χ1n) is 6.38. The van der Waals surface area contributed by atoms with Crippen molar-refractivity contribution in [2.75, 3.05) is 7.05 Å². The molecule has 0 radical (unpaired) electrons. The minimum Gasteiger partial charge on any atom is -0.488 e. The van der Waals surface area contributed by atoms with Crippen LogP contribution in [0.5, 0.6) is 5.75 Å². The van der Waals surface area contributed by atoms with E-state index in [4.69, 9.17) is 21.6 Å². The van der Waals surface area contributed by atoms with Crippen LogP contribution in [-0.2, 0) is 13.2 Å². The van der Waals surface area contributed by atoms with Crippen molar-refractivity contribution in [3.8, 4) is 11.8 Å². The predicted octanol–water partition coefficient (Wildman–Crippen LogP) is 3.65. The molecule has 0 aliphatic carbocycles. The monoisotopic (exact) mass is 304 g/mol. The summed E-state index contributed by atoms with van der Waals surface area (Å²) in [5, 5.41) is 12.5. The Morgan fingerprint density at radius 2 is 2.05 bits per heavy atom. The first-order chi connectivity index (χ1) is 10.1. The van der Waals surface area contributed by atoms with E-state index in [1.807, 2.05) is 13.1 Å². The highest BCUT2D eigenvalue weighted by molar-refractivity contribution is 6.30. The molecule has 0 aromatic heterocycles. The Bertz CT molecular complexity index is 682. The summed E-state index contributed by atoms with van der Waals surface area (Å²) in [7, 11) is 1.82. The first kappa shape index (κ1) is 15.3. The molecule has 3 nitrogen and oxygen atoms in total. The lowest BCUT2D eigenvalue weighted by Gasteiger charge is -2.12. The van der Waals surface area contributed by atoms with Gasteiger partial charge in [0, 0.05) is 22.7 Å². The molecule has 0 saturated heterocycles. The Morgan fingerprint density at radius 3 is 2.76 bits per heavy atom. The lowest BCUT2D eigenvalue weighted by Crippen LogP contribution is -2.08. The van der Waals surface area contributed by atoms with E-state index in [0.29, 0.717) is 28.4 Å². The zero-order valence-corrected chi connectivity index (χ0v) is 12.2. The van der Waals surface area contributed by atoms with E-state index in [2.05, 4.69) is 5.32 Å². The van der Waals surface area contributed by atoms with Gasteiger partial charge < -0.3 is 10.1 Å². The normalized spacial score (nSPS) is 10.2. The third-order valence-electron chi connectivity index (χ3n) is 2.95. The number of nitrogens with zero attached hydrogens (tertiary/aromatic N) is 1. The quantitative estimate of drug-likeness (QED) is 0.917. The average molecular weight is 305 g/mol. The van der Waals surface area contributed by atoms with Crippen molar-refractivity contribution < 1.29 is 9.13 Å². The van der Waals surface area contributed by atoms with Crippen LogP contribution in [0.15, 0.2) is 36.4 Å². The molecule has 0 aliphatic rings. The van der Waals surface area contributed by atoms with E-state index in [0.717, 1.165) is 5.56 Å². The highest BCUT2D eigenvalue weighted by Crippen LogP contribution is 2.24. The summed E-state index contributed by atoms with van der Waals surface area (Å²) in [6, 6.07) is 11.5. The number of nitriles is 1. The van der Waals surface area contributed by atoms with Gasteiger partial charge in [-0.1, -0.05) is 11.6 Å². The molecule has 0 aliphatic heterocycles. The summed E-state index contributed by atoms with van der Waals surface area (Å²) in [5.41, 5.74) is 1.64. The summed E-state index contributed by atoms with van der Waals surface area (Å²) in [6.07, 6.45) is 0. The molecular formula is C16H14ClFN2O. The van der Waals surface area contributed by atoms with Gasteiger partial charge in [0.05, 0.1) is 11.6 Å². The maximum atomic E-state index is 13.7. The molecule has 2 rings (SSSR count). The molecule has 1 N–H and O–H groups in total. The van der Waals surface area contributed by atoms with Crippen molar-refractivity contribution in [1.82, 2.24) is 5.32 Å². The van der Waals surface area contributed by atoms with Gasteiger partial charge in [0.2, 0.25) is 0 Å². The first-order valence-corrected chi connectivity index (χ1v) is 6.76. The molecule has 0 heterocycles. The van der Waals surface area contributed by atoms with Crippen LogP contribution in [0.1, 0.15) is 16.7 Å². The van der Waals surface area contributed by atoms with Gasteiger partial charge in [-0.2, -0.15) is 5.26 Å². The van der Waals surface area contributed by atoms with Crippen molar-refractivity contribution in [3.05, 3.63) is 63.9 Å². The minimum atomic E-state index is -0.391. The molecule has 0 atom stereocenters. The van der Waals surface area contributed by atoms with Gasteiger partial charge in [-0.25, -0.2) is 4.39 Å². The highest BCUT2D eigenvalue weighted by Gasteiger charge is 2.08. The zero-order valence-electron chi connectivity index (χ0n) is 11.5. The van der Waals surface area contributed by atoms with Gasteiger partial charge in [-0.3, -0.25) is 0 Å². The van der Waals surface area contributed by atoms with E-state index in [9.17, 15) is 4.39 Å². The number of hydrogen-bond acceptors (Lipinski definition) is 3. The Morgan fingerprint density at radius 1 is 1.24 bits per heavy atom. The maximum absolute atomic E-state index is 13.7. The van der Waals surface area contributed by atoms with Gasteiger partial charge in [0.15, 0.2) is 0 Å². The molecule has 2 aromatic carbocycles. The van der Waals surface area contributed by atoms with Crippen LogP contribution in [0.3, 0.4) is 0 Å². The second kappa shape index (κ2) is 7.07. The predicted molar refractivity (Wildman–Crippen MR) is 79.7 cm³/mol. The van der Waals surface area contributed by atoms with E-state index >= 15 is 0 Å². The van der Waals surface area contributed by atoms with Crippen LogP contribution in [0, 0.1) is 17.1 Å². The molecule has 5 heteroatoms. The van der Waals surface area contributed by atoms with Crippen LogP contribution in [0.2, 0.25) is 5.02 Å². The SMILES string of the molecule is CNCc1cc(Cl)ccc1OCc1cc(C#N)ccc1F. The Balaban J connectivity index is 2.18. The van der Waals surface area contributed by atoms with Crippen molar-refractivity contribution in [2.24, 2.45) is 0 Å². The Hall–Kier alpha value is -2.09. The molecule has 0 bridgehead atoms. The summed E-state index contributed by atoms with van der Waals surface area (Å²) < 4.78 is 19.4. The van der Waals surface area contributed by atoms with E-state index < -0.39 is 5.82 Å². The topological polar surface area (TPSA) is 45.0 Å². The molecule has 2 aromatic rings. The lowest BCUT2D eigenvalue weighted by atomic mass is 10.1. The van der Waals surface area contributed by atoms with E-state index in [-0.39, 0.29) is 6.61 Å². The van der Waals surface area contributed by atoms with Crippen LogP contribution in [0.25, 0.3) is 0 Å². The highest BCUT2D eigenvalue weighted by atomic mass is 35.5. The number of ether oxygens (including phenoxy) is 1. The lowest BCUT2D eigenvalue weighted by molar-refractivity contribution is 0.296. The molecule has 0 spiro atoms. The maximum Gasteiger partial charge on any atom is 0.129 e. The molecule has 0 saturated carbocycles. The number of benzene rings is 2. The largest absolute Gasteiger partial charge is 0.488 e. The standard InChI is InChI=1S/C16H14ClFN2O/c1-20-9-12-7-14(17)3-5-16(12)21-10-13-6-11(8-19)2-4-15(13)18/h2-7,20H,9-10H2,1H3. The average Bonchev–Trinajstić information content (AvgIpc) is 2.48. The van der Waals surface area contributed by atoms with Gasteiger partial charge in [-0.15, -0.1) is 0 Å². The van der Waals surface area contributed by atoms with Crippen LogP contribution < -0.4 is 10.1 Å². The zero-order chi connectivity index (χ0) is 15.2. The van der Waals surface area contributed by atoms with Gasteiger partial charge in [0.1, 0.15) is 18.2 Å². The number of rotatable bonds is 5. The fraction of sp³-hybridized carbons (Fsp3) is 0.188. The second-order valence-corrected chi connectivity index (χ2v) is 4.93. The summed E-state index contributed by atoms with van der Waals surface area (Å²) in [5.74, 6) is 0.244. The summed E-state index contributed by atoms with van der Waals surface area (Å²) in [4.78, 5) is 0. The fourth-order valence-corrected chi connectivity index (χ4v) is 2.12. The molecular weight excluding hydrogens is 291 g/mol. The third-order valence-corrected chi connectivity index (χ3v) is 3.18. The fourth-order valence-electron chi connectivity index (χ4n) is 1.93. The van der Waals surface area contributed by atoms with Crippen molar-refractivity contribution in [3.63, 3.8) is 0 Å². The van der Waals surface area contributed by atoms with Gasteiger partial charge >= 0.3 is 0 Å². The molecule has 0 fully saturated rings. The molecule has 0 amide bonds. The molecule has 21 heavy (non-hydrogen) atoms. The smallest absolute Gasteiger partial charge is 0.129 e. The third kappa shape index (κ3) is 3.94. The Kier molecular flexibility index (Phi) is 5.15. The summed E-state index contributed by atoms with van der Waals surface area (Å²) >= 11 is 5.96. The number of halogens is 2. The van der Waals surface area contributed by atoms with Crippen LogP contribution >= 0.6 is 11.6 Å². The van der Waals surface area contributed by atoms with Crippen molar-refractivity contribution >= 4 is 11.6 Å². The second-order valence-electron chi connectivity index (χ2n) is 4.49. The van der Waals surface area contributed by atoms with Gasteiger partial charge in [0.25, 0.3) is 0 Å². The van der Waals surface area contributed by atoms with E-state index in [1.54, 1.807) is 18.2 Å². The van der Waals surface area contributed by atoms with Crippen molar-refractivity contribution in [2.45, 2.75) is 13.2 Å². The summed E-state index contributed by atoms with van der Waals surface area (Å²) in [6.45, 7) is 0.649. The number of hydrogen-bond donors (Lipinski definition) is 1. The van der Waals surface area contributed by atoms with Crippen molar-refractivity contribution in [1.29, 1.82) is 5.26 Å². The van der Waals surface area contributed by atoms with Crippen LogP contribution in [0.4, 0.5) is 4.39 Å². The van der Waals surface area contributed by atoms with Gasteiger partial charge in [-0.05, 0) is 43.4 Å².